The molecule has 5 nitrogen and oxygen atoms in total. The number of hydrogen-bond acceptors (Lipinski definition) is 4. The Hall–Kier alpha value is -1.82. The maximum Gasteiger partial charge on any atom is 0.269 e. The average molecular weight is 319 g/mol. The molecule has 0 N–H and O–H groups in total. The fourth-order valence-electron chi connectivity index (χ4n) is 2.40. The van der Waals surface area contributed by atoms with Gasteiger partial charge in [-0.3, -0.25) is 10.1 Å². The first kappa shape index (κ1) is 16.5. The number of thioether (sulfide) groups is 1. The fourth-order valence-corrected chi connectivity index (χ4v) is 3.51. The Kier molecular flexibility index (Phi) is 4.60. The van der Waals surface area contributed by atoms with Gasteiger partial charge in [0.25, 0.3) is 5.69 Å². The molecule has 0 amide bonds. The maximum atomic E-state index is 10.8. The summed E-state index contributed by atoms with van der Waals surface area (Å²) in [6, 6.07) is 4.78. The molecule has 2 rings (SSSR count). The van der Waals surface area contributed by atoms with E-state index in [1.165, 1.54) is 6.07 Å². The van der Waals surface area contributed by atoms with Crippen LogP contribution >= 0.6 is 11.8 Å². The Labute approximate surface area is 135 Å². The van der Waals surface area contributed by atoms with Crippen molar-refractivity contribution in [3.05, 3.63) is 46.0 Å². The van der Waals surface area contributed by atoms with Crippen LogP contribution in [0.15, 0.2) is 35.3 Å². The van der Waals surface area contributed by atoms with E-state index in [0.717, 1.165) is 35.1 Å². The molecular weight excluding hydrogens is 298 g/mol. The van der Waals surface area contributed by atoms with Gasteiger partial charge < -0.3 is 4.90 Å². The van der Waals surface area contributed by atoms with Crippen molar-refractivity contribution >= 4 is 28.3 Å². The van der Waals surface area contributed by atoms with E-state index in [1.54, 1.807) is 23.9 Å². The molecule has 0 radical (unpaired) electrons. The lowest BCUT2D eigenvalue weighted by atomic mass is 10.2. The molecule has 1 fully saturated rings. The average Bonchev–Trinajstić information content (AvgIpc) is 2.65. The highest BCUT2D eigenvalue weighted by Crippen LogP contribution is 2.37. The number of nitrogens with zero attached hydrogens (tertiary/aromatic N) is 3. The minimum Gasteiger partial charge on any atom is -0.346 e. The van der Waals surface area contributed by atoms with Gasteiger partial charge in [0.2, 0.25) is 0 Å². The monoisotopic (exact) mass is 319 g/mol. The minimum absolute atomic E-state index is 0.0969. The predicted molar refractivity (Wildman–Crippen MR) is 93.0 cm³/mol. The van der Waals surface area contributed by atoms with E-state index in [1.807, 2.05) is 13.8 Å². The summed E-state index contributed by atoms with van der Waals surface area (Å²) in [5, 5.41) is 11.8. The van der Waals surface area contributed by atoms with Crippen molar-refractivity contribution < 1.29 is 4.92 Å². The van der Waals surface area contributed by atoms with E-state index >= 15 is 0 Å². The van der Waals surface area contributed by atoms with E-state index in [-0.39, 0.29) is 15.4 Å². The van der Waals surface area contributed by atoms with Gasteiger partial charge in [0, 0.05) is 30.0 Å². The largest absolute Gasteiger partial charge is 0.346 e. The molecule has 1 saturated heterocycles. The van der Waals surface area contributed by atoms with Gasteiger partial charge >= 0.3 is 0 Å². The van der Waals surface area contributed by atoms with E-state index in [0.29, 0.717) is 0 Å². The fraction of sp³-hybridized carbons (Fsp3) is 0.438. The van der Waals surface area contributed by atoms with Crippen molar-refractivity contribution in [2.24, 2.45) is 4.99 Å². The topological polar surface area (TPSA) is 58.7 Å². The molecule has 1 aliphatic rings. The molecular formula is C16H21N3O2S. The van der Waals surface area contributed by atoms with Crippen molar-refractivity contribution in [1.29, 1.82) is 0 Å². The Bertz CT molecular complexity index is 653. The highest BCUT2D eigenvalue weighted by molar-refractivity contribution is 8.15. The van der Waals surface area contributed by atoms with Crippen molar-refractivity contribution in [3.63, 3.8) is 0 Å². The summed E-state index contributed by atoms with van der Waals surface area (Å²) in [6.07, 6.45) is 0. The van der Waals surface area contributed by atoms with Crippen LogP contribution in [0.2, 0.25) is 0 Å². The standard InChI is InChI=1S/C16H21N3O2S/c1-11(2)9-18-10-16(4,5)22-15(18)17-14-7-6-13(19(20)21)8-12(14)3/h6-8H,1,9-10H2,2-5H3/b17-15-. The number of hydrogen-bond donors (Lipinski definition) is 0. The summed E-state index contributed by atoms with van der Waals surface area (Å²) >= 11 is 1.73. The van der Waals surface area contributed by atoms with Crippen LogP contribution in [0.25, 0.3) is 0 Å². The van der Waals surface area contributed by atoms with Crippen LogP contribution in [-0.2, 0) is 0 Å². The third-order valence-corrected chi connectivity index (χ3v) is 4.49. The lowest BCUT2D eigenvalue weighted by Gasteiger charge is -2.19. The molecule has 1 heterocycles. The van der Waals surface area contributed by atoms with Crippen molar-refractivity contribution in [2.45, 2.75) is 32.4 Å². The highest BCUT2D eigenvalue weighted by Gasteiger charge is 2.35. The van der Waals surface area contributed by atoms with Crippen molar-refractivity contribution in [2.75, 3.05) is 13.1 Å². The number of amidine groups is 1. The number of nitro benzene ring substituents is 1. The summed E-state index contributed by atoms with van der Waals surface area (Å²) in [7, 11) is 0. The molecule has 0 bridgehead atoms. The van der Waals surface area contributed by atoms with Gasteiger partial charge in [0.1, 0.15) is 0 Å². The SMILES string of the molecule is C=C(C)CN1CC(C)(C)S/C1=N\c1ccc([N+](=O)[O-])cc1C. The third kappa shape index (κ3) is 3.88. The van der Waals surface area contributed by atoms with Gasteiger partial charge in [-0.1, -0.05) is 23.9 Å². The zero-order valence-corrected chi connectivity index (χ0v) is 14.2. The highest BCUT2D eigenvalue weighted by atomic mass is 32.2. The summed E-state index contributed by atoms with van der Waals surface area (Å²) in [4.78, 5) is 17.4. The summed E-state index contributed by atoms with van der Waals surface area (Å²) in [6.45, 7) is 13.9. The Morgan fingerprint density at radius 3 is 2.77 bits per heavy atom. The maximum absolute atomic E-state index is 10.8. The minimum atomic E-state index is -0.384. The van der Waals surface area contributed by atoms with E-state index in [4.69, 9.17) is 4.99 Å². The molecule has 0 spiro atoms. The third-order valence-electron chi connectivity index (χ3n) is 3.28. The molecule has 1 aromatic rings. The van der Waals surface area contributed by atoms with E-state index < -0.39 is 0 Å². The van der Waals surface area contributed by atoms with Gasteiger partial charge in [-0.15, -0.1) is 0 Å². The second-order valence-electron chi connectivity index (χ2n) is 6.30. The number of benzene rings is 1. The quantitative estimate of drug-likeness (QED) is 0.472. The van der Waals surface area contributed by atoms with Gasteiger partial charge in [0.05, 0.1) is 10.6 Å². The van der Waals surface area contributed by atoms with Crippen LogP contribution in [0.4, 0.5) is 11.4 Å². The molecule has 0 unspecified atom stereocenters. The molecule has 0 saturated carbocycles. The number of rotatable bonds is 4. The molecule has 0 aliphatic carbocycles. The smallest absolute Gasteiger partial charge is 0.269 e. The predicted octanol–water partition coefficient (Wildman–Crippen LogP) is 4.29. The zero-order chi connectivity index (χ0) is 16.5. The lowest BCUT2D eigenvalue weighted by molar-refractivity contribution is -0.384. The van der Waals surface area contributed by atoms with Crippen LogP contribution in [0, 0.1) is 17.0 Å². The molecule has 22 heavy (non-hydrogen) atoms. The Balaban J connectivity index is 2.33. The summed E-state index contributed by atoms with van der Waals surface area (Å²) in [5.41, 5.74) is 2.77. The Morgan fingerprint density at radius 2 is 2.23 bits per heavy atom. The number of aryl methyl sites for hydroxylation is 1. The summed E-state index contributed by atoms with van der Waals surface area (Å²) in [5.74, 6) is 0. The van der Waals surface area contributed by atoms with Gasteiger partial charge in [0.15, 0.2) is 5.17 Å². The van der Waals surface area contributed by atoms with Crippen LogP contribution < -0.4 is 0 Å². The molecule has 1 aromatic carbocycles. The lowest BCUT2D eigenvalue weighted by Crippen LogP contribution is -2.30. The Morgan fingerprint density at radius 1 is 1.55 bits per heavy atom. The first-order chi connectivity index (χ1) is 10.2. The van der Waals surface area contributed by atoms with E-state index in [9.17, 15) is 10.1 Å². The zero-order valence-electron chi connectivity index (χ0n) is 13.4. The molecule has 0 aromatic heterocycles. The molecule has 1 aliphatic heterocycles. The number of nitro groups is 1. The van der Waals surface area contributed by atoms with Crippen LogP contribution in [0.5, 0.6) is 0 Å². The number of non-ortho nitro benzene ring substituents is 1. The van der Waals surface area contributed by atoms with Gasteiger partial charge in [-0.2, -0.15) is 0 Å². The molecule has 6 heteroatoms. The van der Waals surface area contributed by atoms with E-state index in [2.05, 4.69) is 25.3 Å². The van der Waals surface area contributed by atoms with Crippen LogP contribution in [0.1, 0.15) is 26.3 Å². The van der Waals surface area contributed by atoms with Crippen LogP contribution in [-0.4, -0.2) is 32.8 Å². The van der Waals surface area contributed by atoms with Gasteiger partial charge in [-0.05, 0) is 39.3 Å². The van der Waals surface area contributed by atoms with Gasteiger partial charge in [-0.25, -0.2) is 4.99 Å². The first-order valence-electron chi connectivity index (χ1n) is 7.10. The first-order valence-corrected chi connectivity index (χ1v) is 7.92. The molecule has 0 atom stereocenters. The second-order valence-corrected chi connectivity index (χ2v) is 7.97. The number of aliphatic imine (C=N–C) groups is 1. The second kappa shape index (κ2) is 6.12. The normalized spacial score (nSPS) is 18.7. The summed E-state index contributed by atoms with van der Waals surface area (Å²) < 4.78 is 0.100. The van der Waals surface area contributed by atoms with Crippen molar-refractivity contribution in [1.82, 2.24) is 4.90 Å². The van der Waals surface area contributed by atoms with Crippen LogP contribution in [0.3, 0.4) is 0 Å². The molecule has 118 valence electrons. The van der Waals surface area contributed by atoms with Crippen molar-refractivity contribution in [3.8, 4) is 0 Å².